The van der Waals surface area contributed by atoms with Gasteiger partial charge in [-0.3, -0.25) is 9.10 Å². The van der Waals surface area contributed by atoms with Crippen molar-refractivity contribution in [3.05, 3.63) is 53.6 Å². The van der Waals surface area contributed by atoms with Gasteiger partial charge in [0.05, 0.1) is 11.9 Å². The highest BCUT2D eigenvalue weighted by molar-refractivity contribution is 7.92. The topological polar surface area (TPSA) is 75.7 Å². The summed E-state index contributed by atoms with van der Waals surface area (Å²) < 4.78 is 31.7. The highest BCUT2D eigenvalue weighted by Gasteiger charge is 2.31. The van der Waals surface area contributed by atoms with Crippen molar-refractivity contribution in [2.75, 3.05) is 22.4 Å². The Morgan fingerprint density at radius 1 is 1.11 bits per heavy atom. The summed E-state index contributed by atoms with van der Waals surface area (Å²) in [5, 5.41) is 3.03. The third kappa shape index (κ3) is 4.14. The van der Waals surface area contributed by atoms with E-state index in [4.69, 9.17) is 4.74 Å². The van der Waals surface area contributed by atoms with E-state index in [9.17, 15) is 13.2 Å². The molecule has 0 bridgehead atoms. The molecular formula is C21H26N2O4S. The molecule has 6 nitrogen and oxygen atoms in total. The highest BCUT2D eigenvalue weighted by Crippen LogP contribution is 2.34. The molecule has 2 aromatic rings. The summed E-state index contributed by atoms with van der Waals surface area (Å²) in [5.41, 5.74) is 3.43. The zero-order valence-electron chi connectivity index (χ0n) is 16.4. The van der Waals surface area contributed by atoms with Gasteiger partial charge in [-0.1, -0.05) is 44.2 Å². The van der Waals surface area contributed by atoms with Crippen molar-refractivity contribution in [1.82, 2.24) is 0 Å². The van der Waals surface area contributed by atoms with Crippen LogP contribution in [-0.4, -0.2) is 33.2 Å². The Morgan fingerprint density at radius 2 is 1.75 bits per heavy atom. The summed E-state index contributed by atoms with van der Waals surface area (Å²) in [7, 11) is -3.47. The van der Waals surface area contributed by atoms with Crippen LogP contribution >= 0.6 is 0 Å². The molecule has 0 aliphatic carbocycles. The van der Waals surface area contributed by atoms with Crippen LogP contribution in [0.2, 0.25) is 0 Å². The average molecular weight is 403 g/mol. The van der Waals surface area contributed by atoms with Gasteiger partial charge in [0, 0.05) is 18.7 Å². The Kier molecular flexibility index (Phi) is 5.93. The van der Waals surface area contributed by atoms with Gasteiger partial charge in [0.1, 0.15) is 5.75 Å². The first-order valence-corrected chi connectivity index (χ1v) is 11.3. The number of hydrogen-bond donors (Lipinski definition) is 1. The Hall–Kier alpha value is -2.54. The Morgan fingerprint density at radius 3 is 2.36 bits per heavy atom. The molecule has 0 saturated heterocycles. The van der Waals surface area contributed by atoms with Crippen molar-refractivity contribution in [3.8, 4) is 5.75 Å². The first-order valence-electron chi connectivity index (χ1n) is 9.50. The lowest BCUT2D eigenvalue weighted by molar-refractivity contribution is -0.122. The number of rotatable bonds is 5. The molecule has 150 valence electrons. The van der Waals surface area contributed by atoms with Gasteiger partial charge < -0.3 is 10.1 Å². The van der Waals surface area contributed by atoms with Gasteiger partial charge in [-0.25, -0.2) is 8.42 Å². The smallest absolute Gasteiger partial charge is 0.265 e. The fraction of sp³-hybridized carbons (Fsp3) is 0.381. The second-order valence-corrected chi connectivity index (χ2v) is 8.75. The first-order chi connectivity index (χ1) is 13.3. The molecule has 7 heteroatoms. The predicted octanol–water partition coefficient (Wildman–Crippen LogP) is 3.37. The lowest BCUT2D eigenvalue weighted by Gasteiger charge is -2.20. The van der Waals surface area contributed by atoms with Crippen LogP contribution in [0.1, 0.15) is 31.4 Å². The molecule has 1 N–H and O–H groups in total. The van der Waals surface area contributed by atoms with Gasteiger partial charge in [-0.15, -0.1) is 0 Å². The number of carbonyl (C=O) groups is 1. The monoisotopic (exact) mass is 402 g/mol. The second-order valence-electron chi connectivity index (χ2n) is 6.85. The summed E-state index contributed by atoms with van der Waals surface area (Å²) in [5.74, 6) is 0.130. The van der Waals surface area contributed by atoms with E-state index in [1.165, 1.54) is 4.31 Å². The Labute approximate surface area is 166 Å². The summed E-state index contributed by atoms with van der Waals surface area (Å²) in [6.45, 7) is 4.28. The van der Waals surface area contributed by atoms with E-state index in [2.05, 4.69) is 5.32 Å². The molecule has 0 aromatic heterocycles. The SMILES string of the molecule is CCc1cccc(CC)c1NC(=O)[C@H]1CCN(S(C)(=O)=O)c2ccccc2O1. The molecule has 0 spiro atoms. The zero-order chi connectivity index (χ0) is 20.3. The van der Waals surface area contributed by atoms with Crippen LogP contribution < -0.4 is 14.4 Å². The zero-order valence-corrected chi connectivity index (χ0v) is 17.3. The number of fused-ring (bicyclic) bond motifs is 1. The quantitative estimate of drug-likeness (QED) is 0.832. The van der Waals surface area contributed by atoms with Crippen LogP contribution in [0.5, 0.6) is 5.75 Å². The number of sulfonamides is 1. The Balaban J connectivity index is 1.89. The van der Waals surface area contributed by atoms with Crippen LogP contribution in [0.25, 0.3) is 0 Å². The molecule has 0 fully saturated rings. The number of nitrogens with zero attached hydrogens (tertiary/aromatic N) is 1. The highest BCUT2D eigenvalue weighted by atomic mass is 32.2. The van der Waals surface area contributed by atoms with Gasteiger partial charge in [-0.05, 0) is 36.1 Å². The van der Waals surface area contributed by atoms with E-state index >= 15 is 0 Å². The molecule has 0 saturated carbocycles. The maximum atomic E-state index is 13.0. The molecule has 1 heterocycles. The van der Waals surface area contributed by atoms with E-state index in [-0.39, 0.29) is 18.9 Å². The van der Waals surface area contributed by atoms with E-state index in [1.807, 2.05) is 32.0 Å². The number of carbonyl (C=O) groups excluding carboxylic acids is 1. The van der Waals surface area contributed by atoms with E-state index in [0.717, 1.165) is 35.9 Å². The van der Waals surface area contributed by atoms with Gasteiger partial charge >= 0.3 is 0 Å². The van der Waals surface area contributed by atoms with Crippen LogP contribution in [0.3, 0.4) is 0 Å². The number of hydrogen-bond acceptors (Lipinski definition) is 4. The van der Waals surface area contributed by atoms with Crippen molar-refractivity contribution in [2.24, 2.45) is 0 Å². The van der Waals surface area contributed by atoms with Crippen LogP contribution in [0, 0.1) is 0 Å². The maximum Gasteiger partial charge on any atom is 0.265 e. The molecule has 28 heavy (non-hydrogen) atoms. The maximum absolute atomic E-state index is 13.0. The van der Waals surface area contributed by atoms with Crippen molar-refractivity contribution in [3.63, 3.8) is 0 Å². The fourth-order valence-corrected chi connectivity index (χ4v) is 4.41. The minimum atomic E-state index is -3.47. The van der Waals surface area contributed by atoms with E-state index < -0.39 is 16.1 Å². The number of amides is 1. The van der Waals surface area contributed by atoms with Gasteiger partial charge in [-0.2, -0.15) is 0 Å². The number of aryl methyl sites for hydroxylation is 2. The van der Waals surface area contributed by atoms with Gasteiger partial charge in [0.2, 0.25) is 10.0 Å². The number of nitrogens with one attached hydrogen (secondary N) is 1. The van der Waals surface area contributed by atoms with Gasteiger partial charge in [0.25, 0.3) is 5.91 Å². The Bertz CT molecular complexity index is 950. The molecule has 2 aromatic carbocycles. The fourth-order valence-electron chi connectivity index (χ4n) is 3.47. The first kappa shape index (κ1) is 20.2. The van der Waals surface area contributed by atoms with Crippen molar-refractivity contribution in [2.45, 2.75) is 39.2 Å². The third-order valence-electron chi connectivity index (χ3n) is 4.94. The average Bonchev–Trinajstić information content (AvgIpc) is 2.87. The molecule has 0 radical (unpaired) electrons. The number of ether oxygens (including phenoxy) is 1. The van der Waals surface area contributed by atoms with Crippen molar-refractivity contribution < 1.29 is 17.9 Å². The molecule has 3 rings (SSSR count). The molecule has 1 amide bonds. The number of anilines is 2. The lowest BCUT2D eigenvalue weighted by Crippen LogP contribution is -2.36. The molecule has 1 aliphatic rings. The van der Waals surface area contributed by atoms with E-state index in [1.54, 1.807) is 24.3 Å². The molecular weight excluding hydrogens is 376 g/mol. The standard InChI is InChI=1S/C21H26N2O4S/c1-4-15-9-8-10-16(5-2)20(15)22-21(24)19-13-14-23(28(3,25)26)17-11-6-7-12-18(17)27-19/h6-12,19H,4-5,13-14H2,1-3H3,(H,22,24)/t19-/m1/s1. The number of benzene rings is 2. The molecule has 0 unspecified atom stereocenters. The summed E-state index contributed by atoms with van der Waals surface area (Å²) in [6, 6.07) is 12.9. The summed E-state index contributed by atoms with van der Waals surface area (Å²) >= 11 is 0. The number of para-hydroxylation sites is 3. The van der Waals surface area contributed by atoms with E-state index in [0.29, 0.717) is 11.4 Å². The van der Waals surface area contributed by atoms with Crippen LogP contribution in [0.15, 0.2) is 42.5 Å². The van der Waals surface area contributed by atoms with Gasteiger partial charge in [0.15, 0.2) is 6.10 Å². The van der Waals surface area contributed by atoms with Crippen molar-refractivity contribution in [1.29, 1.82) is 0 Å². The molecule has 1 atom stereocenters. The minimum absolute atomic E-state index is 0.185. The predicted molar refractivity (Wildman–Crippen MR) is 111 cm³/mol. The normalized spacial score (nSPS) is 16.7. The summed E-state index contributed by atoms with van der Waals surface area (Å²) in [4.78, 5) is 13.0. The third-order valence-corrected chi connectivity index (χ3v) is 6.12. The van der Waals surface area contributed by atoms with Crippen LogP contribution in [-0.2, 0) is 27.7 Å². The molecule has 1 aliphatic heterocycles. The largest absolute Gasteiger partial charge is 0.478 e. The lowest BCUT2D eigenvalue weighted by atomic mass is 10.0. The second kappa shape index (κ2) is 8.22. The van der Waals surface area contributed by atoms with Crippen molar-refractivity contribution >= 4 is 27.3 Å². The van der Waals surface area contributed by atoms with Crippen LogP contribution in [0.4, 0.5) is 11.4 Å². The summed E-state index contributed by atoms with van der Waals surface area (Å²) in [6.07, 6.45) is 2.26. The minimum Gasteiger partial charge on any atom is -0.478 e.